The fraction of sp³-hybridized carbons (Fsp3) is 0.238. The molecule has 0 unspecified atom stereocenters. The minimum Gasteiger partial charge on any atom is -0.392 e. The topological polar surface area (TPSA) is 68.7 Å². The lowest BCUT2D eigenvalue weighted by molar-refractivity contribution is 0.229. The van der Waals surface area contributed by atoms with Gasteiger partial charge in [-0.05, 0) is 36.8 Å². The predicted molar refractivity (Wildman–Crippen MR) is 107 cm³/mol. The summed E-state index contributed by atoms with van der Waals surface area (Å²) in [6.07, 6.45) is 0. The van der Waals surface area contributed by atoms with Gasteiger partial charge >= 0.3 is 6.03 Å². The second-order valence-corrected chi connectivity index (χ2v) is 6.83. The van der Waals surface area contributed by atoms with Gasteiger partial charge in [-0.2, -0.15) is 0 Å². The number of pyridine rings is 1. The van der Waals surface area contributed by atoms with Crippen LogP contribution in [0.5, 0.6) is 0 Å². The van der Waals surface area contributed by atoms with Gasteiger partial charge in [0.15, 0.2) is 0 Å². The molecule has 1 aliphatic rings. The molecule has 1 aliphatic heterocycles. The van der Waals surface area contributed by atoms with Gasteiger partial charge in [-0.3, -0.25) is 4.90 Å². The molecule has 4 rings (SSSR count). The number of aliphatic hydroxyl groups excluding tert-OH is 1. The lowest BCUT2D eigenvalue weighted by atomic mass is 10.1. The molecule has 6 heteroatoms. The number of benzene rings is 2. The fourth-order valence-corrected chi connectivity index (χ4v) is 3.39. The van der Waals surface area contributed by atoms with Gasteiger partial charge in [0, 0.05) is 42.5 Å². The van der Waals surface area contributed by atoms with E-state index in [9.17, 15) is 9.90 Å². The number of nitrogens with zero attached hydrogens (tertiary/aromatic N) is 3. The van der Waals surface area contributed by atoms with Crippen LogP contribution in [-0.2, 0) is 6.61 Å². The van der Waals surface area contributed by atoms with Gasteiger partial charge in [0.05, 0.1) is 12.1 Å². The molecule has 2 amide bonds. The summed E-state index contributed by atoms with van der Waals surface area (Å²) in [6, 6.07) is 15.7. The van der Waals surface area contributed by atoms with Gasteiger partial charge in [-0.15, -0.1) is 0 Å². The lowest BCUT2D eigenvalue weighted by Crippen LogP contribution is -2.29. The lowest BCUT2D eigenvalue weighted by Gasteiger charge is -2.18. The fourth-order valence-electron chi connectivity index (χ4n) is 3.39. The van der Waals surface area contributed by atoms with Crippen molar-refractivity contribution >= 4 is 34.1 Å². The maximum absolute atomic E-state index is 12.2. The highest BCUT2D eigenvalue weighted by molar-refractivity contribution is 5.94. The van der Waals surface area contributed by atoms with E-state index in [0.717, 1.165) is 39.9 Å². The van der Waals surface area contributed by atoms with E-state index in [0.29, 0.717) is 12.4 Å². The number of likely N-dealkylation sites (N-methyl/N-ethyl adjacent to an activating group) is 1. The van der Waals surface area contributed by atoms with E-state index in [1.807, 2.05) is 55.5 Å². The van der Waals surface area contributed by atoms with Crippen LogP contribution >= 0.6 is 0 Å². The Labute approximate surface area is 158 Å². The highest BCUT2D eigenvalue weighted by atomic mass is 16.3. The van der Waals surface area contributed by atoms with E-state index >= 15 is 0 Å². The van der Waals surface area contributed by atoms with Gasteiger partial charge in [-0.25, -0.2) is 9.78 Å². The van der Waals surface area contributed by atoms with E-state index in [2.05, 4.69) is 5.32 Å². The molecule has 0 aliphatic carbocycles. The minimum atomic E-state index is -0.103. The number of anilines is 3. The van der Waals surface area contributed by atoms with Crippen molar-refractivity contribution in [1.29, 1.82) is 0 Å². The van der Waals surface area contributed by atoms with Crippen LogP contribution < -0.4 is 10.2 Å². The molecule has 0 radical (unpaired) electrons. The average Bonchev–Trinajstić information content (AvgIpc) is 3.01. The molecule has 1 aromatic heterocycles. The second-order valence-electron chi connectivity index (χ2n) is 6.83. The summed E-state index contributed by atoms with van der Waals surface area (Å²) in [4.78, 5) is 20.4. The second kappa shape index (κ2) is 6.89. The number of nitrogens with one attached hydrogen (secondary N) is 1. The number of para-hydroxylation sites is 1. The van der Waals surface area contributed by atoms with Crippen molar-refractivity contribution in [3.8, 4) is 0 Å². The molecule has 0 atom stereocenters. The maximum atomic E-state index is 12.2. The summed E-state index contributed by atoms with van der Waals surface area (Å²) >= 11 is 0. The standard InChI is InChI=1S/C21H22N4O2/c1-14-5-3-6-15-11-16(13-26)20(23-19(14)15)22-17-7-4-8-18(12-17)25-10-9-24(2)21(25)27/h3-8,11-12,26H,9-10,13H2,1-2H3,(H,22,23). The molecule has 0 bridgehead atoms. The largest absolute Gasteiger partial charge is 0.392 e. The van der Waals surface area contributed by atoms with Crippen LogP contribution in [0.15, 0.2) is 48.5 Å². The first-order valence-electron chi connectivity index (χ1n) is 8.96. The van der Waals surface area contributed by atoms with Gasteiger partial charge in [0.1, 0.15) is 5.82 Å². The first-order chi connectivity index (χ1) is 13.1. The van der Waals surface area contributed by atoms with Gasteiger partial charge in [0.2, 0.25) is 0 Å². The van der Waals surface area contributed by atoms with Crippen LogP contribution in [0.3, 0.4) is 0 Å². The number of aryl methyl sites for hydroxylation is 1. The normalized spacial score (nSPS) is 14.3. The van der Waals surface area contributed by atoms with E-state index in [1.54, 1.807) is 16.8 Å². The summed E-state index contributed by atoms with van der Waals surface area (Å²) < 4.78 is 0. The van der Waals surface area contributed by atoms with E-state index in [1.165, 1.54) is 0 Å². The van der Waals surface area contributed by atoms with Crippen molar-refractivity contribution in [3.63, 3.8) is 0 Å². The molecule has 2 aromatic carbocycles. The number of rotatable bonds is 4. The molecule has 6 nitrogen and oxygen atoms in total. The van der Waals surface area contributed by atoms with Crippen LogP contribution in [0, 0.1) is 6.92 Å². The summed E-state index contributed by atoms with van der Waals surface area (Å²) in [6.45, 7) is 3.31. The van der Waals surface area contributed by atoms with E-state index < -0.39 is 0 Å². The van der Waals surface area contributed by atoms with Crippen molar-refractivity contribution in [2.75, 3.05) is 30.4 Å². The molecule has 138 valence electrons. The minimum absolute atomic E-state index is 0.00246. The first-order valence-corrected chi connectivity index (χ1v) is 8.96. The Morgan fingerprint density at radius 1 is 1.15 bits per heavy atom. The number of aromatic nitrogens is 1. The van der Waals surface area contributed by atoms with Crippen LogP contribution in [0.25, 0.3) is 10.9 Å². The zero-order valence-electron chi connectivity index (χ0n) is 15.4. The van der Waals surface area contributed by atoms with Crippen molar-refractivity contribution in [2.24, 2.45) is 0 Å². The van der Waals surface area contributed by atoms with Crippen molar-refractivity contribution in [2.45, 2.75) is 13.5 Å². The predicted octanol–water partition coefficient (Wildman–Crippen LogP) is 3.65. The van der Waals surface area contributed by atoms with Gasteiger partial charge < -0.3 is 15.3 Å². The van der Waals surface area contributed by atoms with Crippen molar-refractivity contribution < 1.29 is 9.90 Å². The Morgan fingerprint density at radius 2 is 1.96 bits per heavy atom. The highest BCUT2D eigenvalue weighted by Gasteiger charge is 2.26. The molecule has 0 spiro atoms. The molecule has 2 N–H and O–H groups in total. The molecule has 1 saturated heterocycles. The van der Waals surface area contributed by atoms with Crippen LogP contribution in [-0.4, -0.2) is 41.2 Å². The molecule has 3 aromatic rings. The summed E-state index contributed by atoms with van der Waals surface area (Å²) in [5, 5.41) is 14.1. The quantitative estimate of drug-likeness (QED) is 0.743. The number of carbonyl (C=O) groups excluding carboxylic acids is 1. The van der Waals surface area contributed by atoms with Crippen molar-refractivity contribution in [1.82, 2.24) is 9.88 Å². The molecule has 0 saturated carbocycles. The smallest absolute Gasteiger partial charge is 0.324 e. The number of aliphatic hydroxyl groups is 1. The number of urea groups is 1. The Balaban J connectivity index is 1.69. The summed E-state index contributed by atoms with van der Waals surface area (Å²) in [5.74, 6) is 0.626. The SMILES string of the molecule is Cc1cccc2cc(CO)c(Nc3cccc(N4CCN(C)C4=O)c3)nc12. The van der Waals surface area contributed by atoms with Crippen LogP contribution in [0.1, 0.15) is 11.1 Å². The zero-order chi connectivity index (χ0) is 19.0. The average molecular weight is 362 g/mol. The van der Waals surface area contributed by atoms with Crippen LogP contribution in [0.2, 0.25) is 0 Å². The monoisotopic (exact) mass is 362 g/mol. The van der Waals surface area contributed by atoms with Gasteiger partial charge in [-0.1, -0.05) is 24.3 Å². The number of hydrogen-bond acceptors (Lipinski definition) is 4. The van der Waals surface area contributed by atoms with Crippen molar-refractivity contribution in [3.05, 3.63) is 59.7 Å². The number of hydrogen-bond donors (Lipinski definition) is 2. The third-order valence-electron chi connectivity index (χ3n) is 4.93. The maximum Gasteiger partial charge on any atom is 0.324 e. The third kappa shape index (κ3) is 3.19. The Kier molecular flexibility index (Phi) is 4.41. The Bertz CT molecular complexity index is 1020. The number of amides is 2. The molecule has 27 heavy (non-hydrogen) atoms. The van der Waals surface area contributed by atoms with Gasteiger partial charge in [0.25, 0.3) is 0 Å². The molecular weight excluding hydrogens is 340 g/mol. The number of fused-ring (bicyclic) bond motifs is 1. The van der Waals surface area contributed by atoms with E-state index in [4.69, 9.17) is 4.98 Å². The number of carbonyl (C=O) groups is 1. The highest BCUT2D eigenvalue weighted by Crippen LogP contribution is 2.28. The molecular formula is C21H22N4O2. The Hall–Kier alpha value is -3.12. The zero-order valence-corrected chi connectivity index (χ0v) is 15.4. The molecule has 1 fully saturated rings. The third-order valence-corrected chi connectivity index (χ3v) is 4.93. The first kappa shape index (κ1) is 17.3. The van der Waals surface area contributed by atoms with Crippen LogP contribution in [0.4, 0.5) is 22.0 Å². The Morgan fingerprint density at radius 3 is 2.70 bits per heavy atom. The molecule has 2 heterocycles. The van der Waals surface area contributed by atoms with E-state index in [-0.39, 0.29) is 12.6 Å². The summed E-state index contributed by atoms with van der Waals surface area (Å²) in [7, 11) is 1.80. The summed E-state index contributed by atoms with van der Waals surface area (Å²) in [5.41, 5.74) is 4.39.